The van der Waals surface area contributed by atoms with Crippen LogP contribution in [0.3, 0.4) is 0 Å². The van der Waals surface area contributed by atoms with Crippen LogP contribution in [0.1, 0.15) is 19.8 Å². The monoisotopic (exact) mass is 191 g/mol. The van der Waals surface area contributed by atoms with Gasteiger partial charge in [-0.3, -0.25) is 0 Å². The molecule has 66 valence electrons. The zero-order valence-electron chi connectivity index (χ0n) is 8.39. The van der Waals surface area contributed by atoms with Gasteiger partial charge in [0.1, 0.15) is 0 Å². The summed E-state index contributed by atoms with van der Waals surface area (Å²) in [5, 5.41) is 0. The van der Waals surface area contributed by atoms with Crippen molar-refractivity contribution in [3.8, 4) is 0 Å². The van der Waals surface area contributed by atoms with E-state index in [4.69, 9.17) is 0 Å². The number of unbranched alkanes of at least 4 members (excludes halogenated alkanes) is 1. The van der Waals surface area contributed by atoms with Crippen LogP contribution in [-0.4, -0.2) is 37.6 Å². The minimum atomic E-state index is 0. The average molecular weight is 192 g/mol. The van der Waals surface area contributed by atoms with Gasteiger partial charge in [0.2, 0.25) is 0 Å². The summed E-state index contributed by atoms with van der Waals surface area (Å²) in [4.78, 5) is 0. The molecule has 0 amide bonds. The summed E-state index contributed by atoms with van der Waals surface area (Å²) in [5.74, 6) is 0. The van der Waals surface area contributed by atoms with Crippen molar-refractivity contribution in [2.45, 2.75) is 19.8 Å². The first-order chi connectivity index (χ1) is 3.56. The Labute approximate surface area is 98.9 Å². The second-order valence-corrected chi connectivity index (χ2v) is 3.37. The third-order valence-corrected chi connectivity index (χ3v) is 1.18. The van der Waals surface area contributed by atoms with E-state index in [1.54, 1.807) is 0 Å². The van der Waals surface area contributed by atoms with Crippen molar-refractivity contribution in [3.05, 3.63) is 0 Å². The van der Waals surface area contributed by atoms with Crippen LogP contribution in [-0.2, 0) is 0 Å². The smallest absolute Gasteiger partial charge is 1.00 e. The van der Waals surface area contributed by atoms with Gasteiger partial charge in [0.05, 0.1) is 27.7 Å². The third-order valence-electron chi connectivity index (χ3n) is 1.18. The molecule has 0 aliphatic carbocycles. The molecule has 0 bridgehead atoms. The van der Waals surface area contributed by atoms with Crippen LogP contribution in [0.25, 0.3) is 0 Å². The molecule has 0 rings (SSSR count). The molecule has 0 heterocycles. The van der Waals surface area contributed by atoms with Crippen LogP contribution in [0.15, 0.2) is 0 Å². The van der Waals surface area contributed by atoms with E-state index in [9.17, 15) is 0 Å². The standard InChI is InChI=1S/C7H18N.ClH.Na.H2O/c1-5-6-7-8(2,3)4;;;/h5-7H2,1-4H3;1H;;1H2/q+1;;+1;/p-2. The molecule has 0 atom stereocenters. The average Bonchev–Trinajstić information content (AvgIpc) is 1.59. The number of halogens is 1. The van der Waals surface area contributed by atoms with Crippen molar-refractivity contribution >= 4 is 0 Å². The van der Waals surface area contributed by atoms with Gasteiger partial charge >= 0.3 is 29.6 Å². The number of rotatable bonds is 3. The van der Waals surface area contributed by atoms with E-state index in [0.717, 1.165) is 4.48 Å². The molecule has 11 heavy (non-hydrogen) atoms. The van der Waals surface area contributed by atoms with Crippen LogP contribution in [0, 0.1) is 0 Å². The van der Waals surface area contributed by atoms with Crippen LogP contribution in [0.2, 0.25) is 0 Å². The van der Waals surface area contributed by atoms with Crippen molar-refractivity contribution in [1.82, 2.24) is 0 Å². The SMILES string of the molecule is CCCC[N+](C)(C)C.[Cl-].[Na+].[OH-]. The van der Waals surface area contributed by atoms with Crippen molar-refractivity contribution in [2.24, 2.45) is 0 Å². The molecule has 0 fully saturated rings. The van der Waals surface area contributed by atoms with Crippen molar-refractivity contribution in [1.29, 1.82) is 0 Å². The predicted molar refractivity (Wildman–Crippen MR) is 39.7 cm³/mol. The van der Waals surface area contributed by atoms with Crippen molar-refractivity contribution in [3.63, 3.8) is 0 Å². The Morgan fingerprint density at radius 1 is 1.09 bits per heavy atom. The summed E-state index contributed by atoms with van der Waals surface area (Å²) >= 11 is 0. The van der Waals surface area contributed by atoms with E-state index in [1.807, 2.05) is 0 Å². The molecule has 0 aromatic heterocycles. The Bertz CT molecular complexity index is 66.0. The largest absolute Gasteiger partial charge is 1.00 e. The number of hydrogen-bond acceptors (Lipinski definition) is 1. The Morgan fingerprint density at radius 2 is 1.45 bits per heavy atom. The van der Waals surface area contributed by atoms with E-state index in [2.05, 4.69) is 28.1 Å². The topological polar surface area (TPSA) is 30.0 Å². The van der Waals surface area contributed by atoms with Crippen LogP contribution in [0.4, 0.5) is 0 Å². The van der Waals surface area contributed by atoms with E-state index in [0.29, 0.717) is 0 Å². The minimum absolute atomic E-state index is 0. The molecule has 0 aromatic carbocycles. The number of nitrogens with zero attached hydrogens (tertiary/aromatic N) is 1. The summed E-state index contributed by atoms with van der Waals surface area (Å²) in [6.45, 7) is 3.53. The van der Waals surface area contributed by atoms with Gasteiger partial charge in [-0.05, 0) is 6.42 Å². The fourth-order valence-corrected chi connectivity index (χ4v) is 0.632. The second-order valence-electron chi connectivity index (χ2n) is 3.37. The first kappa shape index (κ1) is 22.8. The minimum Gasteiger partial charge on any atom is -1.00 e. The second kappa shape index (κ2) is 11.2. The Hall–Kier alpha value is 1.21. The van der Waals surface area contributed by atoms with Gasteiger partial charge in [0.15, 0.2) is 0 Å². The fraction of sp³-hybridized carbons (Fsp3) is 1.00. The first-order valence-corrected chi connectivity index (χ1v) is 3.36. The van der Waals surface area contributed by atoms with E-state index >= 15 is 0 Å². The van der Waals surface area contributed by atoms with Crippen LogP contribution in [0.5, 0.6) is 0 Å². The number of quaternary nitrogens is 1. The van der Waals surface area contributed by atoms with E-state index < -0.39 is 0 Å². The summed E-state index contributed by atoms with van der Waals surface area (Å²) < 4.78 is 1.10. The summed E-state index contributed by atoms with van der Waals surface area (Å²) in [6, 6.07) is 0. The van der Waals surface area contributed by atoms with Crippen molar-refractivity contribution in [2.75, 3.05) is 27.7 Å². The molecule has 0 aliphatic heterocycles. The van der Waals surface area contributed by atoms with Gasteiger partial charge in [0, 0.05) is 0 Å². The maximum absolute atomic E-state index is 2.23. The summed E-state index contributed by atoms with van der Waals surface area (Å²) in [5.41, 5.74) is 0. The molecule has 0 saturated heterocycles. The molecule has 0 aliphatic rings. The quantitative estimate of drug-likeness (QED) is 0.326. The van der Waals surface area contributed by atoms with E-state index in [1.165, 1.54) is 19.4 Å². The zero-order valence-corrected chi connectivity index (χ0v) is 11.1. The van der Waals surface area contributed by atoms with Gasteiger partial charge < -0.3 is 22.4 Å². The molecule has 0 radical (unpaired) electrons. The first-order valence-electron chi connectivity index (χ1n) is 3.36. The van der Waals surface area contributed by atoms with Gasteiger partial charge in [-0.1, -0.05) is 13.3 Å². The normalized spacial score (nSPS) is 8.73. The molecular weight excluding hydrogens is 173 g/mol. The van der Waals surface area contributed by atoms with E-state index in [-0.39, 0.29) is 47.4 Å². The zero-order chi connectivity index (χ0) is 6.62. The molecule has 0 aromatic rings. The molecule has 0 spiro atoms. The van der Waals surface area contributed by atoms with Gasteiger partial charge in [-0.2, -0.15) is 0 Å². The fourth-order valence-electron chi connectivity index (χ4n) is 0.632. The predicted octanol–water partition coefficient (Wildman–Crippen LogP) is -4.68. The molecular formula is C7H19ClNNaO. The Kier molecular flexibility index (Phi) is 23.2. The van der Waals surface area contributed by atoms with Gasteiger partial charge in [0.25, 0.3) is 0 Å². The maximum Gasteiger partial charge on any atom is 1.00 e. The van der Waals surface area contributed by atoms with Crippen LogP contribution >= 0.6 is 0 Å². The third kappa shape index (κ3) is 24.7. The Morgan fingerprint density at radius 3 is 1.55 bits per heavy atom. The number of hydrogen-bond donors (Lipinski definition) is 0. The van der Waals surface area contributed by atoms with Gasteiger partial charge in [-0.25, -0.2) is 0 Å². The van der Waals surface area contributed by atoms with Crippen molar-refractivity contribution < 1.29 is 51.9 Å². The summed E-state index contributed by atoms with van der Waals surface area (Å²) in [6.07, 6.45) is 2.67. The maximum atomic E-state index is 2.23. The molecule has 0 unspecified atom stereocenters. The molecule has 0 saturated carbocycles. The summed E-state index contributed by atoms with van der Waals surface area (Å²) in [7, 11) is 6.70. The van der Waals surface area contributed by atoms with Crippen LogP contribution < -0.4 is 42.0 Å². The van der Waals surface area contributed by atoms with Gasteiger partial charge in [-0.15, -0.1) is 0 Å². The Balaban J connectivity index is -0.0000000817. The molecule has 1 N–H and O–H groups in total. The molecule has 4 heteroatoms. The molecule has 2 nitrogen and oxygen atoms in total.